The molecule has 0 saturated carbocycles. The molecule has 0 spiro atoms. The van der Waals surface area contributed by atoms with Crippen molar-refractivity contribution in [3.05, 3.63) is 30.3 Å². The van der Waals surface area contributed by atoms with Crippen LogP contribution in [0.1, 0.15) is 6.92 Å². The molecule has 0 aromatic heterocycles. The van der Waals surface area contributed by atoms with Crippen molar-refractivity contribution < 1.29 is 4.74 Å². The van der Waals surface area contributed by atoms with Gasteiger partial charge in [0.25, 0.3) is 5.17 Å². The van der Waals surface area contributed by atoms with Crippen LogP contribution in [0.2, 0.25) is 0 Å². The lowest BCUT2D eigenvalue weighted by atomic mass is 10.3. The molecule has 15 heavy (non-hydrogen) atoms. The molecular weight excluding hydrogens is 226 g/mol. The van der Waals surface area contributed by atoms with E-state index in [1.807, 2.05) is 42.1 Å². The molecule has 0 heterocycles. The van der Waals surface area contributed by atoms with Crippen molar-refractivity contribution in [3.8, 4) is 0 Å². The van der Waals surface area contributed by atoms with Crippen molar-refractivity contribution >= 4 is 34.8 Å². The van der Waals surface area contributed by atoms with Gasteiger partial charge in [-0.05, 0) is 30.1 Å². The quantitative estimate of drug-likeness (QED) is 0.631. The Morgan fingerprint density at radius 1 is 1.40 bits per heavy atom. The Kier molecular flexibility index (Phi) is 6.20. The number of ether oxygens (including phenoxy) is 1. The van der Waals surface area contributed by atoms with Gasteiger partial charge >= 0.3 is 0 Å². The standard InChI is InChI=1S/C11H15NOS2/c1-2-15-9-8-13-11(14)12-10-6-4-3-5-7-10/h3-7H,2,8-9H2,1H3,(H,12,14). The van der Waals surface area contributed by atoms with E-state index in [-0.39, 0.29) is 0 Å². The molecule has 0 radical (unpaired) electrons. The molecule has 0 atom stereocenters. The number of rotatable bonds is 5. The lowest BCUT2D eigenvalue weighted by Gasteiger charge is -2.08. The molecule has 0 unspecified atom stereocenters. The van der Waals surface area contributed by atoms with Crippen molar-refractivity contribution in [2.75, 3.05) is 23.4 Å². The summed E-state index contributed by atoms with van der Waals surface area (Å²) in [5.41, 5.74) is 0.964. The summed E-state index contributed by atoms with van der Waals surface area (Å²) in [5.74, 6) is 2.09. The Labute approximate surface area is 100 Å². The number of anilines is 1. The normalized spacial score (nSPS) is 9.67. The van der Waals surface area contributed by atoms with Gasteiger partial charge in [-0.1, -0.05) is 25.1 Å². The summed E-state index contributed by atoms with van der Waals surface area (Å²) in [4.78, 5) is 0. The van der Waals surface area contributed by atoms with Crippen molar-refractivity contribution in [3.63, 3.8) is 0 Å². The number of benzene rings is 1. The highest BCUT2D eigenvalue weighted by molar-refractivity contribution is 7.99. The first-order valence-corrected chi connectivity index (χ1v) is 6.46. The fraction of sp³-hybridized carbons (Fsp3) is 0.364. The molecule has 0 aliphatic heterocycles. The van der Waals surface area contributed by atoms with Gasteiger partial charge in [0.15, 0.2) is 0 Å². The largest absolute Gasteiger partial charge is 0.470 e. The second kappa shape index (κ2) is 7.54. The summed E-state index contributed by atoms with van der Waals surface area (Å²) in [6.45, 7) is 2.79. The number of para-hydroxylation sites is 1. The third-order valence-corrected chi connectivity index (χ3v) is 2.77. The maximum Gasteiger partial charge on any atom is 0.261 e. The van der Waals surface area contributed by atoms with E-state index in [4.69, 9.17) is 17.0 Å². The monoisotopic (exact) mass is 241 g/mol. The maximum atomic E-state index is 5.35. The van der Waals surface area contributed by atoms with E-state index in [1.165, 1.54) is 0 Å². The smallest absolute Gasteiger partial charge is 0.261 e. The average Bonchev–Trinajstić information content (AvgIpc) is 2.26. The van der Waals surface area contributed by atoms with Crippen LogP contribution in [-0.2, 0) is 4.74 Å². The van der Waals surface area contributed by atoms with E-state index >= 15 is 0 Å². The number of hydrogen-bond donors (Lipinski definition) is 1. The predicted molar refractivity (Wildman–Crippen MR) is 71.6 cm³/mol. The summed E-state index contributed by atoms with van der Waals surface area (Å²) in [7, 11) is 0. The fourth-order valence-corrected chi connectivity index (χ4v) is 1.70. The van der Waals surface area contributed by atoms with Gasteiger partial charge in [-0.3, -0.25) is 0 Å². The summed E-state index contributed by atoms with van der Waals surface area (Å²) in [6, 6.07) is 9.79. The first-order chi connectivity index (χ1) is 7.33. The average molecular weight is 241 g/mol. The van der Waals surface area contributed by atoms with Crippen LogP contribution >= 0.6 is 24.0 Å². The van der Waals surface area contributed by atoms with Crippen LogP contribution in [0.5, 0.6) is 0 Å². The Hall–Kier alpha value is -0.740. The molecule has 0 aliphatic rings. The Morgan fingerprint density at radius 2 is 2.13 bits per heavy atom. The molecule has 2 nitrogen and oxygen atoms in total. The van der Waals surface area contributed by atoms with Crippen molar-refractivity contribution in [1.82, 2.24) is 0 Å². The van der Waals surface area contributed by atoms with Crippen LogP contribution in [0.4, 0.5) is 5.69 Å². The second-order valence-corrected chi connectivity index (χ2v) is 4.59. The van der Waals surface area contributed by atoms with Crippen molar-refractivity contribution in [2.24, 2.45) is 0 Å². The highest BCUT2D eigenvalue weighted by Crippen LogP contribution is 2.05. The van der Waals surface area contributed by atoms with E-state index in [9.17, 15) is 0 Å². The minimum absolute atomic E-state index is 0.443. The number of hydrogen-bond acceptors (Lipinski definition) is 3. The second-order valence-electron chi connectivity index (χ2n) is 2.82. The molecule has 1 aromatic rings. The van der Waals surface area contributed by atoms with Gasteiger partial charge in [-0.15, -0.1) is 0 Å². The number of thioether (sulfide) groups is 1. The van der Waals surface area contributed by atoms with E-state index in [0.29, 0.717) is 11.8 Å². The third-order valence-electron chi connectivity index (χ3n) is 1.69. The van der Waals surface area contributed by atoms with E-state index in [1.54, 1.807) is 0 Å². The van der Waals surface area contributed by atoms with Gasteiger partial charge in [-0.25, -0.2) is 0 Å². The molecule has 0 bridgehead atoms. The van der Waals surface area contributed by atoms with Crippen LogP contribution in [-0.4, -0.2) is 23.3 Å². The first kappa shape index (κ1) is 12.3. The van der Waals surface area contributed by atoms with Crippen LogP contribution in [0.3, 0.4) is 0 Å². The molecule has 0 amide bonds. The number of thiocarbonyl (C=S) groups is 1. The Bertz CT molecular complexity index is 290. The van der Waals surface area contributed by atoms with Gasteiger partial charge in [0.1, 0.15) is 0 Å². The fourth-order valence-electron chi connectivity index (χ4n) is 1.01. The van der Waals surface area contributed by atoms with E-state index in [0.717, 1.165) is 17.2 Å². The molecule has 0 fully saturated rings. The van der Waals surface area contributed by atoms with Crippen LogP contribution in [0.15, 0.2) is 30.3 Å². The molecule has 1 aromatic carbocycles. The van der Waals surface area contributed by atoms with Gasteiger partial charge in [0.2, 0.25) is 0 Å². The van der Waals surface area contributed by atoms with Gasteiger partial charge in [0.05, 0.1) is 6.61 Å². The summed E-state index contributed by atoms with van der Waals surface area (Å²) in [6.07, 6.45) is 0. The number of nitrogens with one attached hydrogen (secondary N) is 1. The molecule has 1 N–H and O–H groups in total. The molecule has 0 aliphatic carbocycles. The van der Waals surface area contributed by atoms with Crippen LogP contribution < -0.4 is 5.32 Å². The van der Waals surface area contributed by atoms with Crippen LogP contribution in [0.25, 0.3) is 0 Å². The van der Waals surface area contributed by atoms with Gasteiger partial charge in [-0.2, -0.15) is 11.8 Å². The van der Waals surface area contributed by atoms with Crippen molar-refractivity contribution in [1.29, 1.82) is 0 Å². The Morgan fingerprint density at radius 3 is 2.80 bits per heavy atom. The zero-order valence-electron chi connectivity index (χ0n) is 8.73. The zero-order valence-corrected chi connectivity index (χ0v) is 10.4. The SMILES string of the molecule is CCSCCOC(=S)Nc1ccccc1. The van der Waals surface area contributed by atoms with E-state index in [2.05, 4.69) is 12.2 Å². The minimum Gasteiger partial charge on any atom is -0.470 e. The molecule has 0 saturated heterocycles. The highest BCUT2D eigenvalue weighted by atomic mass is 32.2. The lowest BCUT2D eigenvalue weighted by Crippen LogP contribution is -2.14. The third kappa shape index (κ3) is 5.64. The molecule has 82 valence electrons. The molecule has 4 heteroatoms. The van der Waals surface area contributed by atoms with Gasteiger partial charge in [0, 0.05) is 11.4 Å². The molecule has 1 rings (SSSR count). The predicted octanol–water partition coefficient (Wildman–Crippen LogP) is 3.15. The Balaban J connectivity index is 2.19. The summed E-state index contributed by atoms with van der Waals surface area (Å²) < 4.78 is 5.35. The highest BCUT2D eigenvalue weighted by Gasteiger charge is 1.97. The van der Waals surface area contributed by atoms with Crippen molar-refractivity contribution in [2.45, 2.75) is 6.92 Å². The lowest BCUT2D eigenvalue weighted by molar-refractivity contribution is 0.339. The first-order valence-electron chi connectivity index (χ1n) is 4.89. The topological polar surface area (TPSA) is 21.3 Å². The van der Waals surface area contributed by atoms with Gasteiger partial charge < -0.3 is 10.1 Å². The van der Waals surface area contributed by atoms with E-state index < -0.39 is 0 Å². The summed E-state index contributed by atoms with van der Waals surface area (Å²) >= 11 is 6.89. The summed E-state index contributed by atoms with van der Waals surface area (Å²) in [5, 5.41) is 3.46. The zero-order chi connectivity index (χ0) is 10.9. The van der Waals surface area contributed by atoms with Crippen LogP contribution in [0, 0.1) is 0 Å². The minimum atomic E-state index is 0.443. The molecular formula is C11H15NOS2. The maximum absolute atomic E-state index is 5.35.